The van der Waals surface area contributed by atoms with Gasteiger partial charge >= 0.3 is 5.97 Å². The second-order valence-corrected chi connectivity index (χ2v) is 3.78. The molecule has 1 aromatic heterocycles. The maximum absolute atomic E-state index is 10.8. The minimum Gasteiger partial charge on any atom is -0.481 e. The molecule has 0 spiro atoms. The summed E-state index contributed by atoms with van der Waals surface area (Å²) in [5, 5.41) is 10.00. The van der Waals surface area contributed by atoms with E-state index in [0.717, 1.165) is 10.9 Å². The Morgan fingerprint density at radius 3 is 2.87 bits per heavy atom. The van der Waals surface area contributed by atoms with Crippen molar-refractivity contribution in [2.24, 2.45) is 0 Å². The van der Waals surface area contributed by atoms with E-state index in [0.29, 0.717) is 10.8 Å². The third-order valence-corrected chi connectivity index (χ3v) is 2.57. The molecule has 15 heavy (non-hydrogen) atoms. The summed E-state index contributed by atoms with van der Waals surface area (Å²) in [5.41, 5.74) is 1.41. The first-order valence-electron chi connectivity index (χ1n) is 4.50. The van der Waals surface area contributed by atoms with Gasteiger partial charge in [-0.1, -0.05) is 6.07 Å². The number of carboxylic acids is 1. The van der Waals surface area contributed by atoms with Crippen molar-refractivity contribution in [1.29, 1.82) is 0 Å². The van der Waals surface area contributed by atoms with E-state index in [9.17, 15) is 4.79 Å². The lowest BCUT2D eigenvalue weighted by molar-refractivity contribution is -0.138. The van der Waals surface area contributed by atoms with Crippen molar-refractivity contribution in [1.82, 2.24) is 0 Å². The zero-order valence-electron chi connectivity index (χ0n) is 8.03. The lowest BCUT2D eigenvalue weighted by Crippen LogP contribution is -2.06. The van der Waals surface area contributed by atoms with Crippen LogP contribution in [0, 0.1) is 0 Å². The molecular weight excluding hydrogens is 216 g/mol. The second kappa shape index (κ2) is 3.59. The molecule has 1 unspecified atom stereocenters. The van der Waals surface area contributed by atoms with Gasteiger partial charge in [-0.05, 0) is 36.2 Å². The standard InChI is InChI=1S/C11H9ClO3/c1-6(11(13)14)7-2-3-9-8(4-7)5-10(12)15-9/h2-6H,1H3,(H,13,14). The highest BCUT2D eigenvalue weighted by atomic mass is 35.5. The van der Waals surface area contributed by atoms with Gasteiger partial charge in [-0.25, -0.2) is 0 Å². The number of hydrogen-bond acceptors (Lipinski definition) is 2. The Morgan fingerprint density at radius 1 is 1.47 bits per heavy atom. The second-order valence-electron chi connectivity index (χ2n) is 3.41. The van der Waals surface area contributed by atoms with Gasteiger partial charge < -0.3 is 9.52 Å². The van der Waals surface area contributed by atoms with Crippen LogP contribution in [0.5, 0.6) is 0 Å². The van der Waals surface area contributed by atoms with Gasteiger partial charge in [-0.3, -0.25) is 4.79 Å². The largest absolute Gasteiger partial charge is 0.481 e. The van der Waals surface area contributed by atoms with Crippen LogP contribution < -0.4 is 0 Å². The Morgan fingerprint density at radius 2 is 2.20 bits per heavy atom. The molecule has 2 aromatic rings. The van der Waals surface area contributed by atoms with Gasteiger partial charge in [0.2, 0.25) is 0 Å². The third-order valence-electron chi connectivity index (χ3n) is 2.38. The van der Waals surface area contributed by atoms with Gasteiger partial charge in [0.1, 0.15) is 5.58 Å². The maximum atomic E-state index is 10.8. The predicted octanol–water partition coefficient (Wildman–Crippen LogP) is 3.27. The zero-order chi connectivity index (χ0) is 11.0. The Balaban J connectivity index is 2.50. The third kappa shape index (κ3) is 1.83. The van der Waals surface area contributed by atoms with Crippen molar-refractivity contribution < 1.29 is 14.3 Å². The van der Waals surface area contributed by atoms with Crippen LogP contribution in [0.1, 0.15) is 18.4 Å². The first-order chi connectivity index (χ1) is 7.08. The molecule has 3 nitrogen and oxygen atoms in total. The van der Waals surface area contributed by atoms with Crippen LogP contribution >= 0.6 is 11.6 Å². The van der Waals surface area contributed by atoms with E-state index in [-0.39, 0.29) is 0 Å². The van der Waals surface area contributed by atoms with E-state index >= 15 is 0 Å². The fourth-order valence-corrected chi connectivity index (χ4v) is 1.64. The van der Waals surface area contributed by atoms with Crippen molar-refractivity contribution >= 4 is 28.5 Å². The molecule has 1 N–H and O–H groups in total. The number of rotatable bonds is 2. The highest BCUT2D eigenvalue weighted by Crippen LogP contribution is 2.26. The van der Waals surface area contributed by atoms with Crippen LogP contribution in [-0.2, 0) is 4.79 Å². The van der Waals surface area contributed by atoms with Crippen LogP contribution in [-0.4, -0.2) is 11.1 Å². The van der Waals surface area contributed by atoms with E-state index in [1.165, 1.54) is 0 Å². The fraction of sp³-hybridized carbons (Fsp3) is 0.182. The number of carboxylic acid groups (broad SMARTS) is 1. The molecule has 0 aliphatic rings. The molecular formula is C11H9ClO3. The van der Waals surface area contributed by atoms with Crippen molar-refractivity contribution in [3.05, 3.63) is 35.0 Å². The molecule has 1 atom stereocenters. The molecule has 2 rings (SSSR count). The monoisotopic (exact) mass is 224 g/mol. The van der Waals surface area contributed by atoms with Crippen LogP contribution in [0.3, 0.4) is 0 Å². The topological polar surface area (TPSA) is 50.4 Å². The Bertz CT molecular complexity index is 516. The maximum Gasteiger partial charge on any atom is 0.310 e. The van der Waals surface area contributed by atoms with E-state index in [1.54, 1.807) is 31.2 Å². The van der Waals surface area contributed by atoms with Crippen molar-refractivity contribution in [3.63, 3.8) is 0 Å². The summed E-state index contributed by atoms with van der Waals surface area (Å²) >= 11 is 5.69. The number of furan rings is 1. The average molecular weight is 225 g/mol. The molecule has 0 radical (unpaired) electrons. The number of benzene rings is 1. The summed E-state index contributed by atoms with van der Waals surface area (Å²) in [5.74, 6) is -1.37. The zero-order valence-corrected chi connectivity index (χ0v) is 8.78. The molecule has 0 amide bonds. The van der Waals surface area contributed by atoms with Gasteiger partial charge in [-0.15, -0.1) is 0 Å². The predicted molar refractivity (Wildman–Crippen MR) is 57.3 cm³/mol. The smallest absolute Gasteiger partial charge is 0.310 e. The molecule has 4 heteroatoms. The van der Waals surface area contributed by atoms with Crippen molar-refractivity contribution in [3.8, 4) is 0 Å². The summed E-state index contributed by atoms with van der Waals surface area (Å²) in [4.78, 5) is 10.8. The Labute approximate surface area is 91.3 Å². The lowest BCUT2D eigenvalue weighted by atomic mass is 10.0. The van der Waals surface area contributed by atoms with Gasteiger partial charge in [-0.2, -0.15) is 0 Å². The molecule has 0 saturated heterocycles. The number of carbonyl (C=O) groups is 1. The molecule has 0 aliphatic carbocycles. The number of fused-ring (bicyclic) bond motifs is 1. The highest BCUT2D eigenvalue weighted by Gasteiger charge is 2.14. The fourth-order valence-electron chi connectivity index (χ4n) is 1.44. The van der Waals surface area contributed by atoms with Crippen LogP contribution in [0.4, 0.5) is 0 Å². The van der Waals surface area contributed by atoms with Gasteiger partial charge in [0.15, 0.2) is 5.22 Å². The van der Waals surface area contributed by atoms with Crippen molar-refractivity contribution in [2.45, 2.75) is 12.8 Å². The van der Waals surface area contributed by atoms with Gasteiger partial charge in [0.05, 0.1) is 5.92 Å². The Kier molecular flexibility index (Phi) is 2.40. The number of halogens is 1. The van der Waals surface area contributed by atoms with Crippen molar-refractivity contribution in [2.75, 3.05) is 0 Å². The summed E-state index contributed by atoms with van der Waals surface area (Å²) < 4.78 is 5.18. The molecule has 1 aromatic carbocycles. The normalized spacial score (nSPS) is 12.9. The highest BCUT2D eigenvalue weighted by molar-refractivity contribution is 6.29. The molecule has 1 heterocycles. The van der Waals surface area contributed by atoms with Crippen LogP contribution in [0.15, 0.2) is 28.7 Å². The summed E-state index contributed by atoms with van der Waals surface area (Å²) in [6.45, 7) is 1.64. The SMILES string of the molecule is CC(C(=O)O)c1ccc2oc(Cl)cc2c1. The first kappa shape index (κ1) is 10.1. The lowest BCUT2D eigenvalue weighted by Gasteiger charge is -2.05. The molecule has 0 saturated carbocycles. The van der Waals surface area contributed by atoms with E-state index < -0.39 is 11.9 Å². The van der Waals surface area contributed by atoms with Crippen LogP contribution in [0.2, 0.25) is 5.22 Å². The molecule has 0 aliphatic heterocycles. The number of hydrogen-bond donors (Lipinski definition) is 1. The van der Waals surface area contributed by atoms with E-state index in [2.05, 4.69) is 0 Å². The molecule has 0 bridgehead atoms. The van der Waals surface area contributed by atoms with Gasteiger partial charge in [0.25, 0.3) is 0 Å². The quantitative estimate of drug-likeness (QED) is 0.852. The Hall–Kier alpha value is -1.48. The minimum absolute atomic E-state index is 0.310. The van der Waals surface area contributed by atoms with E-state index in [4.69, 9.17) is 21.1 Å². The minimum atomic E-state index is -0.844. The average Bonchev–Trinajstić information content (AvgIpc) is 2.55. The summed E-state index contributed by atoms with van der Waals surface area (Å²) in [6, 6.07) is 6.93. The van der Waals surface area contributed by atoms with E-state index in [1.807, 2.05) is 0 Å². The van der Waals surface area contributed by atoms with Gasteiger partial charge in [0, 0.05) is 11.5 Å². The van der Waals surface area contributed by atoms with Crippen LogP contribution in [0.25, 0.3) is 11.0 Å². The number of aliphatic carboxylic acids is 1. The molecule has 78 valence electrons. The first-order valence-corrected chi connectivity index (χ1v) is 4.87. The summed E-state index contributed by atoms with van der Waals surface area (Å²) in [7, 11) is 0. The molecule has 0 fully saturated rings. The summed E-state index contributed by atoms with van der Waals surface area (Å²) in [6.07, 6.45) is 0.